The lowest BCUT2D eigenvalue weighted by Crippen LogP contribution is -2.43. The van der Waals surface area contributed by atoms with Crippen LogP contribution in [0.4, 0.5) is 0 Å². The van der Waals surface area contributed by atoms with Crippen molar-refractivity contribution in [3.8, 4) is 0 Å². The Bertz CT molecular complexity index is 581. The van der Waals surface area contributed by atoms with E-state index in [-0.39, 0.29) is 0 Å². The summed E-state index contributed by atoms with van der Waals surface area (Å²) < 4.78 is 0.359. The van der Waals surface area contributed by atoms with Crippen molar-refractivity contribution in [2.45, 2.75) is 42.8 Å². The number of aliphatic imine (C=N–C) groups is 1. The van der Waals surface area contributed by atoms with E-state index >= 15 is 0 Å². The minimum absolute atomic E-state index is 0.359. The second-order valence-corrected chi connectivity index (χ2v) is 9.13. The van der Waals surface area contributed by atoms with Crippen LogP contribution in [0.25, 0.3) is 0 Å². The minimum atomic E-state index is 0.359. The molecule has 1 saturated carbocycles. The molecule has 1 aliphatic heterocycles. The fraction of sp³-hybridized carbons (Fsp3) is 0.667. The number of likely N-dealkylation sites (tertiary alicyclic amines) is 1. The van der Waals surface area contributed by atoms with Crippen LogP contribution in [0.15, 0.2) is 40.2 Å². The van der Waals surface area contributed by atoms with Crippen LogP contribution < -0.4 is 5.32 Å². The van der Waals surface area contributed by atoms with Gasteiger partial charge in [0.1, 0.15) is 0 Å². The number of thioether (sulfide) groups is 1. The molecule has 0 radical (unpaired) electrons. The fourth-order valence-electron chi connectivity index (χ4n) is 3.79. The van der Waals surface area contributed by atoms with Crippen molar-refractivity contribution < 1.29 is 0 Å². The molecular weight excluding hydrogens is 340 g/mol. The largest absolute Gasteiger partial charge is 0.355 e. The highest BCUT2D eigenvalue weighted by Crippen LogP contribution is 2.51. The predicted octanol–water partition coefficient (Wildman–Crippen LogP) is 3.55. The monoisotopic (exact) mass is 374 g/mol. The fourth-order valence-corrected chi connectivity index (χ4v) is 5.03. The predicted molar refractivity (Wildman–Crippen MR) is 113 cm³/mol. The first-order chi connectivity index (χ1) is 12.7. The van der Waals surface area contributed by atoms with Gasteiger partial charge in [-0.25, -0.2) is 0 Å². The van der Waals surface area contributed by atoms with Gasteiger partial charge in [-0.05, 0) is 50.4 Å². The van der Waals surface area contributed by atoms with E-state index in [1.165, 1.54) is 30.7 Å². The molecule has 26 heavy (non-hydrogen) atoms. The molecule has 1 N–H and O–H groups in total. The summed E-state index contributed by atoms with van der Waals surface area (Å²) in [5.74, 6) is 1.86. The molecule has 4 nitrogen and oxygen atoms in total. The maximum atomic E-state index is 4.57. The van der Waals surface area contributed by atoms with Crippen molar-refractivity contribution in [2.75, 3.05) is 46.3 Å². The van der Waals surface area contributed by atoms with Gasteiger partial charge in [0.2, 0.25) is 0 Å². The normalized spacial score (nSPS) is 22.1. The van der Waals surface area contributed by atoms with Gasteiger partial charge in [0.25, 0.3) is 0 Å². The van der Waals surface area contributed by atoms with Gasteiger partial charge in [0, 0.05) is 42.9 Å². The first-order valence-electron chi connectivity index (χ1n) is 10.1. The molecule has 1 unspecified atom stereocenters. The third-order valence-corrected chi connectivity index (χ3v) is 7.16. The number of nitrogens with zero attached hydrogens (tertiary/aromatic N) is 3. The van der Waals surface area contributed by atoms with Crippen LogP contribution in [0.2, 0.25) is 0 Å². The highest BCUT2D eigenvalue weighted by Gasteiger charge is 2.44. The van der Waals surface area contributed by atoms with E-state index in [4.69, 9.17) is 0 Å². The Labute approximate surface area is 163 Å². The topological polar surface area (TPSA) is 30.9 Å². The number of rotatable bonds is 8. The van der Waals surface area contributed by atoms with Crippen LogP contribution in [0.5, 0.6) is 0 Å². The third kappa shape index (κ3) is 5.17. The Balaban J connectivity index is 1.48. The molecule has 0 bridgehead atoms. The van der Waals surface area contributed by atoms with Crippen molar-refractivity contribution in [2.24, 2.45) is 10.9 Å². The van der Waals surface area contributed by atoms with E-state index in [1.54, 1.807) is 0 Å². The molecule has 144 valence electrons. The van der Waals surface area contributed by atoms with E-state index in [9.17, 15) is 0 Å². The number of hydrogen-bond donors (Lipinski definition) is 1. The zero-order valence-electron chi connectivity index (χ0n) is 16.6. The summed E-state index contributed by atoms with van der Waals surface area (Å²) in [7, 11) is 1.92. The molecule has 3 rings (SSSR count). The SMILES string of the molecule is CCN(CC)CC1CCN(C(=NC)NCC2(Sc3ccccc3)CC2)C1. The molecule has 1 saturated heterocycles. The van der Waals surface area contributed by atoms with Gasteiger partial charge < -0.3 is 15.1 Å². The first-order valence-corrected chi connectivity index (χ1v) is 10.9. The van der Waals surface area contributed by atoms with Gasteiger partial charge in [-0.3, -0.25) is 4.99 Å². The van der Waals surface area contributed by atoms with E-state index in [0.717, 1.165) is 44.6 Å². The molecule has 2 fully saturated rings. The first kappa shape index (κ1) is 19.6. The molecule has 5 heteroatoms. The second-order valence-electron chi connectivity index (χ2n) is 7.59. The number of benzene rings is 1. The van der Waals surface area contributed by atoms with Crippen LogP contribution in [-0.4, -0.2) is 66.8 Å². The molecular formula is C21H34N4S. The van der Waals surface area contributed by atoms with E-state index in [2.05, 4.69) is 64.3 Å². The Morgan fingerprint density at radius 2 is 2.00 bits per heavy atom. The van der Waals surface area contributed by atoms with Crippen molar-refractivity contribution in [3.05, 3.63) is 30.3 Å². The van der Waals surface area contributed by atoms with Crippen LogP contribution in [-0.2, 0) is 0 Å². The summed E-state index contributed by atoms with van der Waals surface area (Å²) in [6, 6.07) is 10.8. The Kier molecular flexibility index (Phi) is 6.87. The van der Waals surface area contributed by atoms with Crippen LogP contribution in [0.1, 0.15) is 33.1 Å². The van der Waals surface area contributed by atoms with Crippen molar-refractivity contribution in [1.29, 1.82) is 0 Å². The zero-order valence-corrected chi connectivity index (χ0v) is 17.4. The van der Waals surface area contributed by atoms with Crippen molar-refractivity contribution in [1.82, 2.24) is 15.1 Å². The highest BCUT2D eigenvalue weighted by molar-refractivity contribution is 8.01. The van der Waals surface area contributed by atoms with Crippen molar-refractivity contribution >= 4 is 17.7 Å². The van der Waals surface area contributed by atoms with Gasteiger partial charge in [0.15, 0.2) is 5.96 Å². The Hall–Kier alpha value is -1.20. The minimum Gasteiger partial charge on any atom is -0.355 e. The maximum Gasteiger partial charge on any atom is 0.193 e. The molecule has 1 atom stereocenters. The molecule has 1 aromatic carbocycles. The van der Waals surface area contributed by atoms with Gasteiger partial charge in [-0.1, -0.05) is 32.0 Å². The maximum absolute atomic E-state index is 4.57. The summed E-state index contributed by atoms with van der Waals surface area (Å²) in [4.78, 5) is 10.9. The third-order valence-electron chi connectivity index (χ3n) is 5.66. The average molecular weight is 375 g/mol. The van der Waals surface area contributed by atoms with Gasteiger partial charge in [0.05, 0.1) is 0 Å². The van der Waals surface area contributed by atoms with Gasteiger partial charge in [-0.2, -0.15) is 0 Å². The molecule has 1 aromatic rings. The summed E-state index contributed by atoms with van der Waals surface area (Å²) >= 11 is 2.02. The van der Waals surface area contributed by atoms with E-state index in [0.29, 0.717) is 4.75 Å². The smallest absolute Gasteiger partial charge is 0.193 e. The standard InChI is InChI=1S/C21H34N4S/c1-4-24(5-2)15-18-11-14-25(16-18)20(22-3)23-17-21(12-13-21)26-19-9-7-6-8-10-19/h6-10,18H,4-5,11-17H2,1-3H3,(H,22,23). The number of nitrogens with one attached hydrogen (secondary N) is 1. The number of guanidine groups is 1. The Morgan fingerprint density at radius 1 is 1.27 bits per heavy atom. The van der Waals surface area contributed by atoms with Crippen LogP contribution in [0, 0.1) is 5.92 Å². The van der Waals surface area contributed by atoms with Crippen LogP contribution >= 0.6 is 11.8 Å². The molecule has 2 aliphatic rings. The summed E-state index contributed by atoms with van der Waals surface area (Å²) in [5, 5.41) is 3.68. The molecule has 0 aromatic heterocycles. The number of hydrogen-bond acceptors (Lipinski definition) is 3. The average Bonchev–Trinajstić information content (AvgIpc) is 3.27. The summed E-state index contributed by atoms with van der Waals surface area (Å²) in [6.07, 6.45) is 3.86. The Morgan fingerprint density at radius 3 is 2.62 bits per heavy atom. The summed E-state index contributed by atoms with van der Waals surface area (Å²) in [6.45, 7) is 11.3. The van der Waals surface area contributed by atoms with E-state index in [1.807, 2.05) is 18.8 Å². The van der Waals surface area contributed by atoms with E-state index < -0.39 is 0 Å². The lowest BCUT2D eigenvalue weighted by molar-refractivity contribution is 0.255. The van der Waals surface area contributed by atoms with Gasteiger partial charge >= 0.3 is 0 Å². The lowest BCUT2D eigenvalue weighted by Gasteiger charge is -2.25. The summed E-state index contributed by atoms with van der Waals surface area (Å²) in [5.41, 5.74) is 0. The van der Waals surface area contributed by atoms with Crippen molar-refractivity contribution in [3.63, 3.8) is 0 Å². The zero-order chi connectivity index (χ0) is 18.4. The molecule has 1 aliphatic carbocycles. The molecule has 0 amide bonds. The molecule has 1 heterocycles. The van der Waals surface area contributed by atoms with Crippen LogP contribution in [0.3, 0.4) is 0 Å². The molecule has 0 spiro atoms. The van der Waals surface area contributed by atoms with Gasteiger partial charge in [-0.15, -0.1) is 11.8 Å². The second kappa shape index (κ2) is 9.14. The lowest BCUT2D eigenvalue weighted by atomic mass is 10.1. The quantitative estimate of drug-likeness (QED) is 0.557. The highest BCUT2D eigenvalue weighted by atomic mass is 32.2.